The minimum absolute atomic E-state index is 0.369. The molecule has 22 heavy (non-hydrogen) atoms. The van der Waals surface area contributed by atoms with Gasteiger partial charge in [-0.05, 0) is 17.7 Å². The first-order valence-electron chi connectivity index (χ1n) is 6.17. The van der Waals surface area contributed by atoms with Gasteiger partial charge in [0.05, 0.1) is 19.7 Å². The Balaban J connectivity index is 2.66. The Bertz CT molecular complexity index is 570. The molecular weight excluding hydrogens is 292 g/mol. The maximum atomic E-state index is 11.8. The second-order valence-electron chi connectivity index (χ2n) is 4.21. The number of ether oxygens (including phenoxy) is 1. The van der Waals surface area contributed by atoms with Crippen LogP contribution < -0.4 is 16.4 Å². The van der Waals surface area contributed by atoms with Crippen LogP contribution in [0.25, 0.3) is 0 Å². The van der Waals surface area contributed by atoms with Crippen molar-refractivity contribution in [1.82, 2.24) is 5.32 Å². The van der Waals surface area contributed by atoms with Gasteiger partial charge in [-0.2, -0.15) is 0 Å². The fraction of sp³-hybridized carbons (Fsp3) is 0.231. The molecule has 1 rings (SSSR count). The third-order valence-electron chi connectivity index (χ3n) is 2.57. The molecule has 118 valence electrons. The van der Waals surface area contributed by atoms with Gasteiger partial charge in [0.1, 0.15) is 6.04 Å². The van der Waals surface area contributed by atoms with Crippen molar-refractivity contribution in [3.05, 3.63) is 29.8 Å². The molecule has 1 aromatic rings. The highest BCUT2D eigenvalue weighted by Crippen LogP contribution is 2.08. The van der Waals surface area contributed by atoms with Gasteiger partial charge in [0.25, 0.3) is 0 Å². The first kappa shape index (κ1) is 17.0. The molecule has 1 atom stereocenters. The molecule has 0 aliphatic carbocycles. The molecule has 0 fully saturated rings. The van der Waals surface area contributed by atoms with Crippen LogP contribution in [0.3, 0.4) is 0 Å². The normalized spacial score (nSPS) is 11.7. The molecule has 0 saturated carbocycles. The lowest BCUT2D eigenvalue weighted by molar-refractivity contribution is -0.144. The standard InChI is InChI=1S/C13H16N4O5/c1-22-12(19)10(6-11(14)18)17-13(20)16-9-4-2-8(3-5-9)7-15-21/h2-5,7,10,21H,6H2,1H3,(H2,14,18)(H2,16,17,20). The number of methoxy groups -OCH3 is 1. The number of hydrogen-bond acceptors (Lipinski definition) is 6. The van der Waals surface area contributed by atoms with Crippen molar-refractivity contribution in [2.75, 3.05) is 12.4 Å². The summed E-state index contributed by atoms with van der Waals surface area (Å²) in [6, 6.07) is 4.49. The molecule has 1 aromatic carbocycles. The van der Waals surface area contributed by atoms with Crippen LogP contribution in [0.1, 0.15) is 12.0 Å². The number of primary amides is 1. The highest BCUT2D eigenvalue weighted by atomic mass is 16.5. The number of carbonyl (C=O) groups excluding carboxylic acids is 3. The predicted octanol–water partition coefficient (Wildman–Crippen LogP) is 0.0332. The number of nitrogens with two attached hydrogens (primary N) is 1. The number of nitrogens with zero attached hydrogens (tertiary/aromatic N) is 1. The van der Waals surface area contributed by atoms with Gasteiger partial charge in [-0.15, -0.1) is 0 Å². The molecule has 0 aliphatic rings. The van der Waals surface area contributed by atoms with E-state index in [0.29, 0.717) is 11.3 Å². The number of benzene rings is 1. The molecule has 0 radical (unpaired) electrons. The number of hydrogen-bond donors (Lipinski definition) is 4. The van der Waals surface area contributed by atoms with E-state index in [4.69, 9.17) is 10.9 Å². The van der Waals surface area contributed by atoms with Gasteiger partial charge in [-0.25, -0.2) is 9.59 Å². The van der Waals surface area contributed by atoms with Crippen LogP contribution in [0, 0.1) is 0 Å². The van der Waals surface area contributed by atoms with E-state index >= 15 is 0 Å². The fourth-order valence-electron chi connectivity index (χ4n) is 1.58. The van der Waals surface area contributed by atoms with E-state index in [-0.39, 0.29) is 6.42 Å². The van der Waals surface area contributed by atoms with E-state index in [9.17, 15) is 14.4 Å². The predicted molar refractivity (Wildman–Crippen MR) is 77.6 cm³/mol. The van der Waals surface area contributed by atoms with Crippen molar-refractivity contribution in [3.8, 4) is 0 Å². The minimum atomic E-state index is -1.16. The van der Waals surface area contributed by atoms with Gasteiger partial charge in [0.2, 0.25) is 5.91 Å². The summed E-state index contributed by atoms with van der Waals surface area (Å²) in [7, 11) is 1.14. The summed E-state index contributed by atoms with van der Waals surface area (Å²) < 4.78 is 4.48. The average molecular weight is 308 g/mol. The van der Waals surface area contributed by atoms with Crippen LogP contribution in [0.2, 0.25) is 0 Å². The molecule has 0 heterocycles. The molecule has 0 aliphatic heterocycles. The number of nitrogens with one attached hydrogen (secondary N) is 2. The third kappa shape index (κ3) is 5.49. The number of urea groups is 1. The van der Waals surface area contributed by atoms with E-state index < -0.39 is 23.9 Å². The first-order chi connectivity index (χ1) is 10.5. The molecular formula is C13H16N4O5. The van der Waals surface area contributed by atoms with Crippen molar-refractivity contribution in [2.45, 2.75) is 12.5 Å². The second-order valence-corrected chi connectivity index (χ2v) is 4.21. The van der Waals surface area contributed by atoms with Crippen LogP contribution in [-0.4, -0.2) is 42.5 Å². The Morgan fingerprint density at radius 3 is 2.50 bits per heavy atom. The average Bonchev–Trinajstić information content (AvgIpc) is 2.47. The molecule has 3 amide bonds. The molecule has 9 heteroatoms. The summed E-state index contributed by atoms with van der Waals surface area (Å²) in [5.74, 6) is -1.52. The maximum absolute atomic E-state index is 11.8. The third-order valence-corrected chi connectivity index (χ3v) is 2.57. The van der Waals surface area contributed by atoms with Gasteiger partial charge < -0.3 is 26.3 Å². The minimum Gasteiger partial charge on any atom is -0.467 e. The molecule has 0 bridgehead atoms. The van der Waals surface area contributed by atoms with E-state index in [1.807, 2.05) is 0 Å². The number of amides is 3. The SMILES string of the molecule is COC(=O)C(CC(N)=O)NC(=O)Nc1ccc(C=NO)cc1. The lowest BCUT2D eigenvalue weighted by Gasteiger charge is -2.15. The summed E-state index contributed by atoms with van der Waals surface area (Å²) >= 11 is 0. The zero-order valence-corrected chi connectivity index (χ0v) is 11.8. The van der Waals surface area contributed by atoms with E-state index in [1.165, 1.54) is 6.21 Å². The zero-order chi connectivity index (χ0) is 16.5. The summed E-state index contributed by atoms with van der Waals surface area (Å²) in [6.07, 6.45) is 0.857. The molecule has 0 saturated heterocycles. The van der Waals surface area contributed by atoms with Crippen molar-refractivity contribution >= 4 is 29.8 Å². The second kappa shape index (κ2) is 8.25. The van der Waals surface area contributed by atoms with Gasteiger partial charge in [-0.3, -0.25) is 4.79 Å². The Morgan fingerprint density at radius 1 is 1.36 bits per heavy atom. The largest absolute Gasteiger partial charge is 0.467 e. The number of rotatable bonds is 6. The van der Waals surface area contributed by atoms with Crippen LogP contribution in [-0.2, 0) is 14.3 Å². The topological polar surface area (TPSA) is 143 Å². The molecule has 1 unspecified atom stereocenters. The maximum Gasteiger partial charge on any atom is 0.328 e. The van der Waals surface area contributed by atoms with Crippen LogP contribution >= 0.6 is 0 Å². The highest BCUT2D eigenvalue weighted by Gasteiger charge is 2.23. The van der Waals surface area contributed by atoms with Crippen LogP contribution in [0.4, 0.5) is 10.5 Å². The van der Waals surface area contributed by atoms with Gasteiger partial charge in [-0.1, -0.05) is 17.3 Å². The van der Waals surface area contributed by atoms with Crippen molar-refractivity contribution in [1.29, 1.82) is 0 Å². The van der Waals surface area contributed by atoms with Crippen molar-refractivity contribution in [3.63, 3.8) is 0 Å². The van der Waals surface area contributed by atoms with Crippen LogP contribution in [0.5, 0.6) is 0 Å². The summed E-state index contributed by atoms with van der Waals surface area (Å²) in [4.78, 5) is 34.1. The Kier molecular flexibility index (Phi) is 6.35. The van der Waals surface area contributed by atoms with Gasteiger partial charge in [0, 0.05) is 5.69 Å². The quantitative estimate of drug-likeness (QED) is 0.254. The van der Waals surface area contributed by atoms with Crippen molar-refractivity contribution < 1.29 is 24.3 Å². The number of esters is 1. The van der Waals surface area contributed by atoms with Gasteiger partial charge in [0.15, 0.2) is 0 Å². The van der Waals surface area contributed by atoms with E-state index in [2.05, 4.69) is 20.5 Å². The monoisotopic (exact) mass is 308 g/mol. The van der Waals surface area contributed by atoms with E-state index in [0.717, 1.165) is 7.11 Å². The number of oxime groups is 1. The summed E-state index contributed by atoms with van der Waals surface area (Å²) in [5, 5.41) is 16.0. The Hall–Kier alpha value is -3.10. The van der Waals surface area contributed by atoms with Gasteiger partial charge >= 0.3 is 12.0 Å². The summed E-state index contributed by atoms with van der Waals surface area (Å²) in [5.41, 5.74) is 6.08. The number of carbonyl (C=O) groups is 3. The smallest absolute Gasteiger partial charge is 0.328 e. The Morgan fingerprint density at radius 2 is 2.00 bits per heavy atom. The zero-order valence-electron chi connectivity index (χ0n) is 11.8. The van der Waals surface area contributed by atoms with E-state index in [1.54, 1.807) is 24.3 Å². The summed E-state index contributed by atoms with van der Waals surface area (Å²) in [6.45, 7) is 0. The van der Waals surface area contributed by atoms with Crippen molar-refractivity contribution in [2.24, 2.45) is 10.9 Å². The fourth-order valence-corrected chi connectivity index (χ4v) is 1.58. The lowest BCUT2D eigenvalue weighted by atomic mass is 10.2. The molecule has 0 spiro atoms. The molecule has 5 N–H and O–H groups in total. The highest BCUT2D eigenvalue weighted by molar-refractivity contribution is 5.94. The van der Waals surface area contributed by atoms with Crippen LogP contribution in [0.15, 0.2) is 29.4 Å². The molecule has 9 nitrogen and oxygen atoms in total. The Labute approximate surface area is 126 Å². The lowest BCUT2D eigenvalue weighted by Crippen LogP contribution is -2.45. The number of anilines is 1. The molecule has 0 aromatic heterocycles. The first-order valence-corrected chi connectivity index (χ1v) is 6.17.